The van der Waals surface area contributed by atoms with E-state index in [0.29, 0.717) is 23.9 Å². The van der Waals surface area contributed by atoms with Crippen molar-refractivity contribution in [2.45, 2.75) is 18.9 Å². The summed E-state index contributed by atoms with van der Waals surface area (Å²) in [6, 6.07) is 7.92. The Bertz CT molecular complexity index is 603. The van der Waals surface area contributed by atoms with Crippen LogP contribution in [0.15, 0.2) is 33.2 Å². The molecule has 3 rings (SSSR count). The van der Waals surface area contributed by atoms with Crippen LogP contribution in [0.4, 0.5) is 0 Å². The Labute approximate surface area is 119 Å². The molecule has 5 heteroatoms. The fourth-order valence-electron chi connectivity index (χ4n) is 2.37. The lowest BCUT2D eigenvalue weighted by Crippen LogP contribution is -2.37. The highest BCUT2D eigenvalue weighted by molar-refractivity contribution is 9.10. The molecule has 0 bridgehead atoms. The van der Waals surface area contributed by atoms with Crippen LogP contribution in [0.25, 0.3) is 11.0 Å². The number of furan rings is 1. The van der Waals surface area contributed by atoms with Crippen molar-refractivity contribution in [3.63, 3.8) is 0 Å². The highest BCUT2D eigenvalue weighted by Gasteiger charge is 2.17. The van der Waals surface area contributed by atoms with Gasteiger partial charge < -0.3 is 15.1 Å². The Kier molecular flexibility index (Phi) is 3.57. The summed E-state index contributed by atoms with van der Waals surface area (Å²) in [5.74, 6) is 0.205. The normalized spacial score (nSPS) is 18.9. The summed E-state index contributed by atoms with van der Waals surface area (Å²) in [5, 5.41) is 7.19. The van der Waals surface area contributed by atoms with E-state index in [1.165, 1.54) is 6.42 Å². The van der Waals surface area contributed by atoms with Crippen LogP contribution in [0.5, 0.6) is 0 Å². The van der Waals surface area contributed by atoms with Crippen LogP contribution in [0.3, 0.4) is 0 Å². The molecule has 1 atom stereocenters. The van der Waals surface area contributed by atoms with Crippen molar-refractivity contribution in [3.8, 4) is 0 Å². The van der Waals surface area contributed by atoms with Gasteiger partial charge in [-0.15, -0.1) is 0 Å². The van der Waals surface area contributed by atoms with Gasteiger partial charge in [-0.1, -0.05) is 12.1 Å². The van der Waals surface area contributed by atoms with Gasteiger partial charge in [0.25, 0.3) is 5.91 Å². The maximum atomic E-state index is 12.0. The van der Waals surface area contributed by atoms with Crippen LogP contribution >= 0.6 is 15.9 Å². The van der Waals surface area contributed by atoms with Crippen LogP contribution in [0, 0.1) is 0 Å². The second kappa shape index (κ2) is 5.35. The molecule has 2 aromatic rings. The molecule has 1 fully saturated rings. The second-order valence-corrected chi connectivity index (χ2v) is 5.63. The third kappa shape index (κ3) is 2.67. The Morgan fingerprint density at radius 2 is 2.42 bits per heavy atom. The molecule has 0 saturated carbocycles. The first kappa shape index (κ1) is 12.7. The smallest absolute Gasteiger partial charge is 0.287 e. The number of carbonyl (C=O) groups is 1. The summed E-state index contributed by atoms with van der Waals surface area (Å²) in [7, 11) is 0. The SMILES string of the molecule is O=C(NCC1CCCN1)c1cc2cccc(Br)c2o1. The van der Waals surface area contributed by atoms with Crippen LogP contribution in [-0.2, 0) is 0 Å². The van der Waals surface area contributed by atoms with Crippen molar-refractivity contribution >= 4 is 32.8 Å². The molecule has 1 unspecified atom stereocenters. The first-order valence-corrected chi connectivity index (χ1v) is 7.23. The van der Waals surface area contributed by atoms with Gasteiger partial charge in [-0.25, -0.2) is 0 Å². The summed E-state index contributed by atoms with van der Waals surface area (Å²) < 4.78 is 6.46. The zero-order valence-electron chi connectivity index (χ0n) is 10.4. The topological polar surface area (TPSA) is 54.3 Å². The lowest BCUT2D eigenvalue weighted by molar-refractivity contribution is 0.0924. The van der Waals surface area contributed by atoms with E-state index in [2.05, 4.69) is 26.6 Å². The summed E-state index contributed by atoms with van der Waals surface area (Å²) in [4.78, 5) is 12.0. The van der Waals surface area contributed by atoms with Crippen LogP contribution in [0.2, 0.25) is 0 Å². The van der Waals surface area contributed by atoms with Gasteiger partial charge in [0.2, 0.25) is 0 Å². The van der Waals surface area contributed by atoms with Gasteiger partial charge in [-0.05, 0) is 47.4 Å². The lowest BCUT2D eigenvalue weighted by Gasteiger charge is -2.10. The molecule has 1 aromatic heterocycles. The number of para-hydroxylation sites is 1. The number of carbonyl (C=O) groups excluding carboxylic acids is 1. The Hall–Kier alpha value is -1.33. The fourth-order valence-corrected chi connectivity index (χ4v) is 2.84. The second-order valence-electron chi connectivity index (χ2n) is 4.77. The van der Waals surface area contributed by atoms with Gasteiger partial charge in [-0.2, -0.15) is 0 Å². The number of rotatable bonds is 3. The Balaban J connectivity index is 1.72. The molecular weight excluding hydrogens is 308 g/mol. The van der Waals surface area contributed by atoms with Gasteiger partial charge in [-0.3, -0.25) is 4.79 Å². The third-order valence-corrected chi connectivity index (χ3v) is 4.02. The summed E-state index contributed by atoms with van der Waals surface area (Å²) in [6.45, 7) is 1.69. The Morgan fingerprint density at radius 3 is 3.16 bits per heavy atom. The number of hydrogen-bond acceptors (Lipinski definition) is 3. The van der Waals surface area contributed by atoms with Crippen LogP contribution < -0.4 is 10.6 Å². The molecule has 2 heterocycles. The zero-order valence-corrected chi connectivity index (χ0v) is 12.0. The van der Waals surface area contributed by atoms with E-state index in [4.69, 9.17) is 4.42 Å². The molecule has 19 heavy (non-hydrogen) atoms. The third-order valence-electron chi connectivity index (χ3n) is 3.39. The molecule has 0 aliphatic carbocycles. The lowest BCUT2D eigenvalue weighted by atomic mass is 10.2. The molecule has 1 saturated heterocycles. The highest BCUT2D eigenvalue weighted by atomic mass is 79.9. The zero-order chi connectivity index (χ0) is 13.2. The summed E-state index contributed by atoms with van der Waals surface area (Å²) in [6.07, 6.45) is 2.30. The largest absolute Gasteiger partial charge is 0.450 e. The van der Waals surface area contributed by atoms with E-state index in [-0.39, 0.29) is 5.91 Å². The molecule has 1 amide bonds. The minimum absolute atomic E-state index is 0.156. The van der Waals surface area contributed by atoms with Crippen molar-refractivity contribution in [2.24, 2.45) is 0 Å². The van der Waals surface area contributed by atoms with Crippen LogP contribution in [-0.4, -0.2) is 25.0 Å². The quantitative estimate of drug-likeness (QED) is 0.913. The van der Waals surface area contributed by atoms with Crippen molar-refractivity contribution in [2.75, 3.05) is 13.1 Å². The molecule has 1 aliphatic heterocycles. The predicted molar refractivity (Wildman–Crippen MR) is 77.3 cm³/mol. The molecule has 0 spiro atoms. The standard InChI is InChI=1S/C14H15BrN2O2/c15-11-5-1-3-9-7-12(19-13(9)11)14(18)17-8-10-4-2-6-16-10/h1,3,5,7,10,16H,2,4,6,8H2,(H,17,18). The van der Waals surface area contributed by atoms with Crippen molar-refractivity contribution in [1.29, 1.82) is 0 Å². The first-order valence-electron chi connectivity index (χ1n) is 6.44. The molecule has 1 aliphatic rings. The molecule has 100 valence electrons. The predicted octanol–water partition coefficient (Wildman–Crippen LogP) is 2.68. The molecular formula is C14H15BrN2O2. The number of amides is 1. The van der Waals surface area contributed by atoms with Crippen molar-refractivity contribution < 1.29 is 9.21 Å². The molecule has 0 radical (unpaired) electrons. The minimum atomic E-state index is -0.156. The van der Waals surface area contributed by atoms with Gasteiger partial charge in [0.05, 0.1) is 4.47 Å². The monoisotopic (exact) mass is 322 g/mol. The maximum Gasteiger partial charge on any atom is 0.287 e. The summed E-state index contributed by atoms with van der Waals surface area (Å²) >= 11 is 3.42. The van der Waals surface area contributed by atoms with Gasteiger partial charge in [0.1, 0.15) is 5.58 Å². The number of benzene rings is 1. The van der Waals surface area contributed by atoms with E-state index in [9.17, 15) is 4.79 Å². The number of fused-ring (bicyclic) bond motifs is 1. The van der Waals surface area contributed by atoms with Gasteiger partial charge in [0, 0.05) is 18.0 Å². The van der Waals surface area contributed by atoms with E-state index in [0.717, 1.165) is 22.8 Å². The number of halogens is 1. The average Bonchev–Trinajstić information content (AvgIpc) is 3.05. The minimum Gasteiger partial charge on any atom is -0.450 e. The van der Waals surface area contributed by atoms with E-state index in [1.807, 2.05) is 18.2 Å². The van der Waals surface area contributed by atoms with Crippen LogP contribution in [0.1, 0.15) is 23.4 Å². The maximum absolute atomic E-state index is 12.0. The van der Waals surface area contributed by atoms with E-state index in [1.54, 1.807) is 6.07 Å². The van der Waals surface area contributed by atoms with Crippen molar-refractivity contribution in [3.05, 3.63) is 34.5 Å². The van der Waals surface area contributed by atoms with Crippen molar-refractivity contribution in [1.82, 2.24) is 10.6 Å². The fraction of sp³-hybridized carbons (Fsp3) is 0.357. The molecule has 2 N–H and O–H groups in total. The highest BCUT2D eigenvalue weighted by Crippen LogP contribution is 2.26. The molecule has 4 nitrogen and oxygen atoms in total. The van der Waals surface area contributed by atoms with Gasteiger partial charge >= 0.3 is 0 Å². The summed E-state index contributed by atoms with van der Waals surface area (Å²) in [5.41, 5.74) is 0.714. The van der Waals surface area contributed by atoms with Gasteiger partial charge in [0.15, 0.2) is 5.76 Å². The average molecular weight is 323 g/mol. The number of nitrogens with one attached hydrogen (secondary N) is 2. The number of hydrogen-bond donors (Lipinski definition) is 2. The van der Waals surface area contributed by atoms with E-state index >= 15 is 0 Å². The first-order chi connectivity index (χ1) is 9.24. The Morgan fingerprint density at radius 1 is 1.53 bits per heavy atom. The van der Waals surface area contributed by atoms with E-state index < -0.39 is 0 Å². The molecule has 1 aromatic carbocycles.